The number of dihydropyridines is 1. The second kappa shape index (κ2) is 5.25. The van der Waals surface area contributed by atoms with Gasteiger partial charge < -0.3 is 15.3 Å². The molecule has 0 aromatic heterocycles. The van der Waals surface area contributed by atoms with Crippen molar-refractivity contribution in [3.05, 3.63) is 47.6 Å². The largest absolute Gasteiger partial charge is 0.389 e. The second-order valence-corrected chi connectivity index (χ2v) is 5.94. The first kappa shape index (κ1) is 13.9. The monoisotopic (exact) mass is 260 g/mol. The fourth-order valence-corrected chi connectivity index (χ4v) is 2.41. The van der Waals surface area contributed by atoms with Crippen LogP contribution in [0.4, 0.5) is 0 Å². The fourth-order valence-electron chi connectivity index (χ4n) is 2.41. The van der Waals surface area contributed by atoms with Gasteiger partial charge in [-0.05, 0) is 50.5 Å². The van der Waals surface area contributed by atoms with E-state index in [1.54, 1.807) is 0 Å². The van der Waals surface area contributed by atoms with Gasteiger partial charge in [-0.15, -0.1) is 0 Å². The molecule has 0 aromatic carbocycles. The Morgan fingerprint density at radius 3 is 2.68 bits per heavy atom. The predicted molar refractivity (Wildman–Crippen MR) is 79.0 cm³/mol. The molecular weight excluding hydrogens is 236 g/mol. The van der Waals surface area contributed by atoms with Gasteiger partial charge in [0.2, 0.25) is 0 Å². The first-order chi connectivity index (χ1) is 8.92. The lowest BCUT2D eigenvalue weighted by atomic mass is 9.96. The number of allylic oxidation sites excluding steroid dienone is 5. The van der Waals surface area contributed by atoms with Crippen molar-refractivity contribution in [2.75, 3.05) is 6.54 Å². The summed E-state index contributed by atoms with van der Waals surface area (Å²) in [7, 11) is 0. The molecule has 3 nitrogen and oxygen atoms in total. The molecule has 2 heterocycles. The van der Waals surface area contributed by atoms with E-state index in [9.17, 15) is 5.11 Å². The summed E-state index contributed by atoms with van der Waals surface area (Å²) in [6.07, 6.45) is 11.4. The van der Waals surface area contributed by atoms with Gasteiger partial charge in [0.05, 0.1) is 23.5 Å². The van der Waals surface area contributed by atoms with E-state index in [2.05, 4.69) is 42.3 Å². The summed E-state index contributed by atoms with van der Waals surface area (Å²) < 4.78 is 0. The topological polar surface area (TPSA) is 35.5 Å². The summed E-state index contributed by atoms with van der Waals surface area (Å²) in [6.45, 7) is 8.73. The van der Waals surface area contributed by atoms with Crippen LogP contribution in [0, 0.1) is 5.92 Å². The van der Waals surface area contributed by atoms with Crippen LogP contribution in [0.2, 0.25) is 0 Å². The molecule has 2 aliphatic heterocycles. The lowest BCUT2D eigenvalue weighted by Crippen LogP contribution is -2.41. The Balaban J connectivity index is 2.36. The van der Waals surface area contributed by atoms with E-state index in [0.717, 1.165) is 17.8 Å². The highest BCUT2D eigenvalue weighted by Gasteiger charge is 2.28. The fraction of sp³-hybridized carbons (Fsp3) is 0.500. The SMILES string of the molecule is CCC(C)C1=CC=C2NC=CC=C2N1CC(C)(C)O. The van der Waals surface area contributed by atoms with Crippen LogP contribution in [0.1, 0.15) is 34.1 Å². The Bertz CT molecular complexity index is 464. The highest BCUT2D eigenvalue weighted by atomic mass is 16.3. The van der Waals surface area contributed by atoms with Gasteiger partial charge >= 0.3 is 0 Å². The lowest BCUT2D eigenvalue weighted by Gasteiger charge is -2.39. The molecule has 0 aromatic rings. The number of hydrogen-bond acceptors (Lipinski definition) is 3. The van der Waals surface area contributed by atoms with Gasteiger partial charge in [-0.2, -0.15) is 0 Å². The van der Waals surface area contributed by atoms with Gasteiger partial charge in [0.1, 0.15) is 0 Å². The number of fused-ring (bicyclic) bond motifs is 1. The summed E-state index contributed by atoms with van der Waals surface area (Å²) in [5.41, 5.74) is 2.79. The van der Waals surface area contributed by atoms with E-state index >= 15 is 0 Å². The molecular formula is C16H24N2O. The number of aliphatic hydroxyl groups is 1. The first-order valence-electron chi connectivity index (χ1n) is 6.98. The number of rotatable bonds is 4. The molecule has 3 heteroatoms. The van der Waals surface area contributed by atoms with Crippen molar-refractivity contribution < 1.29 is 5.11 Å². The van der Waals surface area contributed by atoms with Crippen molar-refractivity contribution in [3.63, 3.8) is 0 Å². The molecule has 0 bridgehead atoms. The van der Waals surface area contributed by atoms with Crippen LogP contribution in [-0.2, 0) is 0 Å². The minimum Gasteiger partial charge on any atom is -0.389 e. The zero-order valence-corrected chi connectivity index (χ0v) is 12.3. The quantitative estimate of drug-likeness (QED) is 0.816. The van der Waals surface area contributed by atoms with Crippen LogP contribution in [0.5, 0.6) is 0 Å². The maximum atomic E-state index is 10.2. The molecule has 2 aliphatic rings. The van der Waals surface area contributed by atoms with Crippen molar-refractivity contribution in [1.82, 2.24) is 10.2 Å². The minimum absolute atomic E-state index is 0.479. The average Bonchev–Trinajstić information content (AvgIpc) is 2.36. The van der Waals surface area contributed by atoms with Crippen LogP contribution in [0.25, 0.3) is 0 Å². The summed E-state index contributed by atoms with van der Waals surface area (Å²) in [4.78, 5) is 2.24. The normalized spacial score (nSPS) is 20.1. The van der Waals surface area contributed by atoms with Gasteiger partial charge in [0.25, 0.3) is 0 Å². The smallest absolute Gasteiger partial charge is 0.0770 e. The molecule has 0 aliphatic carbocycles. The minimum atomic E-state index is -0.725. The van der Waals surface area contributed by atoms with Gasteiger partial charge in [-0.3, -0.25) is 0 Å². The van der Waals surface area contributed by atoms with Crippen molar-refractivity contribution >= 4 is 0 Å². The molecule has 1 unspecified atom stereocenters. The molecule has 0 amide bonds. The molecule has 2 N–H and O–H groups in total. The average molecular weight is 260 g/mol. The second-order valence-electron chi connectivity index (χ2n) is 5.94. The zero-order valence-electron chi connectivity index (χ0n) is 12.3. The van der Waals surface area contributed by atoms with E-state index in [1.165, 1.54) is 5.70 Å². The molecule has 0 spiro atoms. The Morgan fingerprint density at radius 1 is 1.32 bits per heavy atom. The number of nitrogens with one attached hydrogen (secondary N) is 1. The third-order valence-electron chi connectivity index (χ3n) is 3.55. The van der Waals surface area contributed by atoms with E-state index in [1.807, 2.05) is 26.1 Å². The summed E-state index contributed by atoms with van der Waals surface area (Å²) in [5.74, 6) is 0.479. The highest BCUT2D eigenvalue weighted by molar-refractivity contribution is 5.44. The molecule has 104 valence electrons. The van der Waals surface area contributed by atoms with E-state index < -0.39 is 5.60 Å². The molecule has 1 atom stereocenters. The summed E-state index contributed by atoms with van der Waals surface area (Å²) in [5, 5.41) is 13.4. The lowest BCUT2D eigenvalue weighted by molar-refractivity contribution is 0.0529. The third-order valence-corrected chi connectivity index (χ3v) is 3.55. The molecule has 0 radical (unpaired) electrons. The van der Waals surface area contributed by atoms with Gasteiger partial charge in [-0.1, -0.05) is 13.8 Å². The van der Waals surface area contributed by atoms with Crippen molar-refractivity contribution in [1.29, 1.82) is 0 Å². The highest BCUT2D eigenvalue weighted by Crippen LogP contribution is 2.32. The Labute approximate surface area is 116 Å². The summed E-state index contributed by atoms with van der Waals surface area (Å²) in [6, 6.07) is 0. The van der Waals surface area contributed by atoms with E-state index in [4.69, 9.17) is 0 Å². The van der Waals surface area contributed by atoms with Gasteiger partial charge in [0.15, 0.2) is 0 Å². The molecule has 0 fully saturated rings. The summed E-state index contributed by atoms with van der Waals surface area (Å²) >= 11 is 0. The van der Waals surface area contributed by atoms with E-state index in [0.29, 0.717) is 12.5 Å². The van der Waals surface area contributed by atoms with Crippen molar-refractivity contribution in [2.45, 2.75) is 39.7 Å². The van der Waals surface area contributed by atoms with Crippen LogP contribution in [0.15, 0.2) is 47.6 Å². The molecule has 19 heavy (non-hydrogen) atoms. The molecule has 0 saturated heterocycles. The predicted octanol–water partition coefficient (Wildman–Crippen LogP) is 2.89. The number of hydrogen-bond donors (Lipinski definition) is 2. The van der Waals surface area contributed by atoms with E-state index in [-0.39, 0.29) is 0 Å². The Kier molecular flexibility index (Phi) is 3.85. The van der Waals surface area contributed by atoms with Gasteiger partial charge in [0, 0.05) is 11.9 Å². The maximum absolute atomic E-state index is 10.2. The van der Waals surface area contributed by atoms with Crippen LogP contribution in [-0.4, -0.2) is 22.2 Å². The molecule has 0 saturated carbocycles. The number of β-amino-alcohol motifs (C(OH)–C–C–N with tert-alkyl or cyclic N) is 1. The Hall–Kier alpha value is -1.48. The Morgan fingerprint density at radius 2 is 2.05 bits per heavy atom. The van der Waals surface area contributed by atoms with Crippen molar-refractivity contribution in [3.8, 4) is 0 Å². The molecule has 2 rings (SSSR count). The van der Waals surface area contributed by atoms with Crippen LogP contribution >= 0.6 is 0 Å². The van der Waals surface area contributed by atoms with Crippen molar-refractivity contribution in [2.24, 2.45) is 5.92 Å². The zero-order chi connectivity index (χ0) is 14.0. The number of nitrogens with zero attached hydrogens (tertiary/aromatic N) is 1. The van der Waals surface area contributed by atoms with Crippen LogP contribution in [0.3, 0.4) is 0 Å². The van der Waals surface area contributed by atoms with Gasteiger partial charge in [-0.25, -0.2) is 0 Å². The van der Waals surface area contributed by atoms with Crippen LogP contribution < -0.4 is 5.32 Å². The first-order valence-corrected chi connectivity index (χ1v) is 6.98. The maximum Gasteiger partial charge on any atom is 0.0770 e. The standard InChI is InChI=1S/C16H24N2O/c1-5-12(2)14-9-8-13-15(7-6-10-17-13)18(14)11-16(3,4)19/h6-10,12,17,19H,5,11H2,1-4H3. The third kappa shape index (κ3) is 3.10.